The Morgan fingerprint density at radius 2 is 2.10 bits per heavy atom. The van der Waals surface area contributed by atoms with E-state index in [-0.39, 0.29) is 0 Å². The van der Waals surface area contributed by atoms with Gasteiger partial charge < -0.3 is 5.32 Å². The number of hydrogen-bond acceptors (Lipinski definition) is 3. The van der Waals surface area contributed by atoms with Gasteiger partial charge in [-0.1, -0.05) is 25.1 Å². The van der Waals surface area contributed by atoms with E-state index in [9.17, 15) is 0 Å². The van der Waals surface area contributed by atoms with Crippen LogP contribution in [0.5, 0.6) is 0 Å². The molecule has 3 rings (SSSR count). The lowest BCUT2D eigenvalue weighted by Gasteiger charge is -2.00. The molecule has 0 fully saturated rings. The standard InChI is InChI=1S/C15H19N5/c1-3-16-9-14-13-6-4-5-7-15(13)20(18-14)11-12-8-17-19(2)10-12/h4-8,10,16H,3,9,11H2,1-2H3. The van der Waals surface area contributed by atoms with Gasteiger partial charge in [-0.25, -0.2) is 0 Å². The van der Waals surface area contributed by atoms with E-state index in [4.69, 9.17) is 5.10 Å². The second-order valence-electron chi connectivity index (χ2n) is 4.92. The lowest BCUT2D eigenvalue weighted by atomic mass is 10.2. The molecule has 1 aromatic carbocycles. The number of hydrogen-bond donors (Lipinski definition) is 1. The molecule has 2 heterocycles. The minimum absolute atomic E-state index is 0.750. The summed E-state index contributed by atoms with van der Waals surface area (Å²) in [6, 6.07) is 8.37. The zero-order valence-corrected chi connectivity index (χ0v) is 11.9. The number of aryl methyl sites for hydroxylation is 1. The van der Waals surface area contributed by atoms with Crippen LogP contribution in [0.3, 0.4) is 0 Å². The number of nitrogens with zero attached hydrogens (tertiary/aromatic N) is 4. The number of para-hydroxylation sites is 1. The Bertz CT molecular complexity index is 710. The molecule has 104 valence electrons. The van der Waals surface area contributed by atoms with Crippen LogP contribution in [-0.4, -0.2) is 26.1 Å². The lowest BCUT2D eigenvalue weighted by molar-refractivity contribution is 0.656. The van der Waals surface area contributed by atoms with E-state index < -0.39 is 0 Å². The van der Waals surface area contributed by atoms with Crippen LogP contribution < -0.4 is 5.32 Å². The third kappa shape index (κ3) is 2.44. The quantitative estimate of drug-likeness (QED) is 0.770. The predicted octanol–water partition coefficient (Wildman–Crippen LogP) is 1.93. The fourth-order valence-corrected chi connectivity index (χ4v) is 2.42. The van der Waals surface area contributed by atoms with Crippen LogP contribution in [0.4, 0.5) is 0 Å². The summed E-state index contributed by atoms with van der Waals surface area (Å²) >= 11 is 0. The smallest absolute Gasteiger partial charge is 0.0841 e. The number of benzene rings is 1. The van der Waals surface area contributed by atoms with Crippen LogP contribution in [0, 0.1) is 0 Å². The van der Waals surface area contributed by atoms with Gasteiger partial charge in [0.2, 0.25) is 0 Å². The summed E-state index contributed by atoms with van der Waals surface area (Å²) in [6.07, 6.45) is 3.92. The molecule has 0 atom stereocenters. The van der Waals surface area contributed by atoms with Crippen molar-refractivity contribution in [2.75, 3.05) is 6.54 Å². The van der Waals surface area contributed by atoms with E-state index in [2.05, 4.69) is 46.3 Å². The molecule has 0 spiro atoms. The summed E-state index contributed by atoms with van der Waals surface area (Å²) < 4.78 is 3.87. The van der Waals surface area contributed by atoms with Gasteiger partial charge in [0.15, 0.2) is 0 Å². The van der Waals surface area contributed by atoms with Crippen LogP contribution in [0.2, 0.25) is 0 Å². The number of nitrogens with one attached hydrogen (secondary N) is 1. The Morgan fingerprint density at radius 3 is 2.85 bits per heavy atom. The van der Waals surface area contributed by atoms with Gasteiger partial charge >= 0.3 is 0 Å². The molecule has 0 radical (unpaired) electrons. The fourth-order valence-electron chi connectivity index (χ4n) is 2.42. The topological polar surface area (TPSA) is 47.7 Å². The second kappa shape index (κ2) is 5.46. The highest BCUT2D eigenvalue weighted by Crippen LogP contribution is 2.19. The number of fused-ring (bicyclic) bond motifs is 1. The second-order valence-corrected chi connectivity index (χ2v) is 4.92. The predicted molar refractivity (Wildman–Crippen MR) is 79.4 cm³/mol. The Labute approximate surface area is 118 Å². The highest BCUT2D eigenvalue weighted by molar-refractivity contribution is 5.82. The number of aromatic nitrogens is 4. The molecule has 0 amide bonds. The monoisotopic (exact) mass is 269 g/mol. The summed E-state index contributed by atoms with van der Waals surface area (Å²) in [5.41, 5.74) is 3.44. The van der Waals surface area contributed by atoms with Crippen LogP contribution in [0.1, 0.15) is 18.2 Å². The van der Waals surface area contributed by atoms with E-state index in [1.807, 2.05) is 24.1 Å². The fraction of sp³-hybridized carbons (Fsp3) is 0.333. The molecule has 3 aromatic rings. The summed E-state index contributed by atoms with van der Waals surface area (Å²) in [6.45, 7) is 4.61. The zero-order valence-electron chi connectivity index (χ0n) is 11.9. The van der Waals surface area contributed by atoms with Crippen LogP contribution in [0.25, 0.3) is 10.9 Å². The average molecular weight is 269 g/mol. The molecule has 0 aliphatic rings. The van der Waals surface area contributed by atoms with Crippen molar-refractivity contribution in [3.05, 3.63) is 47.9 Å². The van der Waals surface area contributed by atoms with Crippen molar-refractivity contribution in [2.24, 2.45) is 7.05 Å². The molecule has 0 saturated carbocycles. The third-order valence-corrected chi connectivity index (χ3v) is 3.37. The van der Waals surface area contributed by atoms with Gasteiger partial charge in [0.05, 0.1) is 24.0 Å². The summed E-state index contributed by atoms with van der Waals surface area (Å²) in [5, 5.41) is 13.5. The highest BCUT2D eigenvalue weighted by Gasteiger charge is 2.10. The van der Waals surface area contributed by atoms with Gasteiger partial charge in [-0.15, -0.1) is 0 Å². The van der Waals surface area contributed by atoms with Crippen LogP contribution in [0.15, 0.2) is 36.7 Å². The van der Waals surface area contributed by atoms with Crippen molar-refractivity contribution in [3.63, 3.8) is 0 Å². The van der Waals surface area contributed by atoms with E-state index >= 15 is 0 Å². The maximum absolute atomic E-state index is 4.75. The van der Waals surface area contributed by atoms with E-state index in [0.717, 1.165) is 30.9 Å². The Balaban J connectivity index is 1.97. The Kier molecular flexibility index (Phi) is 3.52. The van der Waals surface area contributed by atoms with Crippen LogP contribution >= 0.6 is 0 Å². The zero-order chi connectivity index (χ0) is 13.9. The SMILES string of the molecule is CCNCc1nn(Cc2cnn(C)c2)c2ccccc12. The van der Waals surface area contributed by atoms with E-state index in [1.165, 1.54) is 10.9 Å². The summed E-state index contributed by atoms with van der Waals surface area (Å²) in [4.78, 5) is 0. The van der Waals surface area contributed by atoms with Gasteiger partial charge in [0.1, 0.15) is 0 Å². The van der Waals surface area contributed by atoms with Gasteiger partial charge in [0, 0.05) is 30.7 Å². The molecule has 1 N–H and O–H groups in total. The first-order chi connectivity index (χ1) is 9.78. The molecule has 0 bridgehead atoms. The molecule has 0 saturated heterocycles. The largest absolute Gasteiger partial charge is 0.311 e. The number of rotatable bonds is 5. The van der Waals surface area contributed by atoms with Crippen molar-refractivity contribution in [3.8, 4) is 0 Å². The first-order valence-corrected chi connectivity index (χ1v) is 6.90. The molecule has 0 unspecified atom stereocenters. The molecule has 0 aliphatic heterocycles. The molecule has 5 nitrogen and oxygen atoms in total. The van der Waals surface area contributed by atoms with Gasteiger partial charge in [-0.3, -0.25) is 9.36 Å². The van der Waals surface area contributed by atoms with E-state index in [1.54, 1.807) is 0 Å². The summed E-state index contributed by atoms with van der Waals surface area (Å²) in [7, 11) is 1.93. The van der Waals surface area contributed by atoms with Crippen molar-refractivity contribution >= 4 is 10.9 Å². The Hall–Kier alpha value is -2.14. The molecule has 2 aromatic heterocycles. The normalized spacial score (nSPS) is 11.3. The Morgan fingerprint density at radius 1 is 1.25 bits per heavy atom. The molecular formula is C15H19N5. The van der Waals surface area contributed by atoms with Crippen molar-refractivity contribution in [1.82, 2.24) is 24.9 Å². The first-order valence-electron chi connectivity index (χ1n) is 6.90. The minimum Gasteiger partial charge on any atom is -0.311 e. The maximum atomic E-state index is 4.75. The van der Waals surface area contributed by atoms with E-state index in [0.29, 0.717) is 0 Å². The van der Waals surface area contributed by atoms with Gasteiger partial charge in [-0.05, 0) is 12.6 Å². The third-order valence-electron chi connectivity index (χ3n) is 3.37. The maximum Gasteiger partial charge on any atom is 0.0841 e. The first kappa shape index (κ1) is 12.9. The molecule has 20 heavy (non-hydrogen) atoms. The van der Waals surface area contributed by atoms with Crippen molar-refractivity contribution in [1.29, 1.82) is 0 Å². The van der Waals surface area contributed by atoms with Crippen LogP contribution in [-0.2, 0) is 20.1 Å². The van der Waals surface area contributed by atoms with Gasteiger partial charge in [0.25, 0.3) is 0 Å². The molecule has 5 heteroatoms. The van der Waals surface area contributed by atoms with Gasteiger partial charge in [-0.2, -0.15) is 10.2 Å². The lowest BCUT2D eigenvalue weighted by Crippen LogP contribution is -2.12. The van der Waals surface area contributed by atoms with Crippen molar-refractivity contribution < 1.29 is 0 Å². The molecular weight excluding hydrogens is 250 g/mol. The van der Waals surface area contributed by atoms with Crippen molar-refractivity contribution in [2.45, 2.75) is 20.0 Å². The average Bonchev–Trinajstić information content (AvgIpc) is 3.02. The molecule has 0 aliphatic carbocycles. The minimum atomic E-state index is 0.750. The summed E-state index contributed by atoms with van der Waals surface area (Å²) in [5.74, 6) is 0. The highest BCUT2D eigenvalue weighted by atomic mass is 15.3.